The number of aromatic nitrogens is 2. The number of likely N-dealkylation sites (tertiary alicyclic amines) is 1. The molecule has 2 unspecified atom stereocenters. The Hall–Kier alpha value is -3.94. The summed E-state index contributed by atoms with van der Waals surface area (Å²) >= 11 is 6.63. The van der Waals surface area contributed by atoms with Crippen LogP contribution in [0.4, 0.5) is 10.5 Å². The molecule has 2 atom stereocenters. The Balaban J connectivity index is 1.41. The molecule has 1 aromatic heterocycles. The molecule has 2 aliphatic heterocycles. The maximum absolute atomic E-state index is 13.9. The highest BCUT2D eigenvalue weighted by Gasteiger charge is 2.42. The number of carbonyl (C=O) groups excluding carboxylic acids is 2. The number of H-pyrrole nitrogens is 1. The minimum absolute atomic E-state index is 0.0783. The van der Waals surface area contributed by atoms with Crippen LogP contribution >= 0.6 is 11.6 Å². The quantitative estimate of drug-likeness (QED) is 0.225. The van der Waals surface area contributed by atoms with Crippen LogP contribution in [0, 0.1) is 17.2 Å². The Morgan fingerprint density at radius 3 is 2.28 bits per heavy atom. The number of aromatic amines is 1. The van der Waals surface area contributed by atoms with E-state index in [-0.39, 0.29) is 29.6 Å². The standard InChI is InChI=1S/C29H34ClN7O5S/c1-42-29(39)33-22-9-7-18(8-10-22)24-25(30)35-27(34-24)23-15-21(17-11-13-36(14-12-17)43(2,40)41)16-37(23)28(38)20-5-3-19(4-6-20)26(31)32/h3-10,17,21,23H,11-16H2,1-2H3,(H3,31,32)(H,33,39)(H,34,35). The molecule has 0 aliphatic carbocycles. The van der Waals surface area contributed by atoms with Gasteiger partial charge in [0, 0.05) is 42.0 Å². The zero-order valence-electron chi connectivity index (χ0n) is 23.8. The number of hydrogen-bond donors (Lipinski definition) is 4. The summed E-state index contributed by atoms with van der Waals surface area (Å²) < 4.78 is 30.2. The Labute approximate surface area is 255 Å². The molecule has 2 saturated heterocycles. The molecule has 0 bridgehead atoms. The van der Waals surface area contributed by atoms with Gasteiger partial charge < -0.3 is 20.4 Å². The molecule has 43 heavy (non-hydrogen) atoms. The van der Waals surface area contributed by atoms with Crippen LogP contribution in [0.25, 0.3) is 11.3 Å². The van der Waals surface area contributed by atoms with Crippen molar-refractivity contribution in [1.82, 2.24) is 19.2 Å². The minimum atomic E-state index is -3.25. The molecule has 228 valence electrons. The molecule has 2 aliphatic rings. The number of nitrogen functional groups attached to an aromatic ring is 1. The van der Waals surface area contributed by atoms with Crippen LogP contribution in [0.1, 0.15) is 47.1 Å². The molecular formula is C29H34ClN7O5S. The van der Waals surface area contributed by atoms with Crippen molar-refractivity contribution in [3.8, 4) is 11.3 Å². The second-order valence-electron chi connectivity index (χ2n) is 10.9. The van der Waals surface area contributed by atoms with Crippen molar-refractivity contribution in [3.05, 3.63) is 70.6 Å². The average molecular weight is 628 g/mol. The number of carbonyl (C=O) groups is 2. The number of ether oxygens (including phenoxy) is 1. The van der Waals surface area contributed by atoms with E-state index in [9.17, 15) is 18.0 Å². The normalized spacial score (nSPS) is 19.7. The number of amides is 2. The molecule has 3 heterocycles. The first-order valence-corrected chi connectivity index (χ1v) is 16.1. The topological polar surface area (TPSA) is 175 Å². The average Bonchev–Trinajstić information content (AvgIpc) is 3.61. The molecule has 12 nitrogen and oxygen atoms in total. The van der Waals surface area contributed by atoms with Crippen LogP contribution in [0.15, 0.2) is 48.5 Å². The molecule has 14 heteroatoms. The number of amidine groups is 1. The highest BCUT2D eigenvalue weighted by molar-refractivity contribution is 7.88. The van der Waals surface area contributed by atoms with Crippen LogP contribution in [-0.4, -0.2) is 78.4 Å². The Kier molecular flexibility index (Phi) is 8.76. The number of nitrogens with one attached hydrogen (secondary N) is 3. The zero-order valence-corrected chi connectivity index (χ0v) is 25.4. The summed E-state index contributed by atoms with van der Waals surface area (Å²) in [5.74, 6) is 0.691. The van der Waals surface area contributed by atoms with Crippen LogP contribution in [-0.2, 0) is 14.8 Å². The van der Waals surface area contributed by atoms with Crippen molar-refractivity contribution in [3.63, 3.8) is 0 Å². The third kappa shape index (κ3) is 6.68. The Bertz CT molecular complexity index is 1620. The Morgan fingerprint density at radius 1 is 1.07 bits per heavy atom. The number of sulfonamides is 1. The highest BCUT2D eigenvalue weighted by Crippen LogP contribution is 2.43. The van der Waals surface area contributed by atoms with Crippen molar-refractivity contribution in [2.24, 2.45) is 17.6 Å². The molecule has 2 amide bonds. The number of nitrogens with zero attached hydrogens (tertiary/aromatic N) is 3. The number of benzene rings is 2. The van der Waals surface area contributed by atoms with Gasteiger partial charge in [-0.25, -0.2) is 22.5 Å². The van der Waals surface area contributed by atoms with Gasteiger partial charge >= 0.3 is 6.09 Å². The lowest BCUT2D eigenvalue weighted by Crippen LogP contribution is -2.40. The maximum Gasteiger partial charge on any atom is 0.411 e. The third-order valence-corrected chi connectivity index (χ3v) is 9.83. The summed E-state index contributed by atoms with van der Waals surface area (Å²) in [6.07, 6.45) is 2.74. The van der Waals surface area contributed by atoms with Crippen LogP contribution in [0.5, 0.6) is 0 Å². The molecule has 0 saturated carbocycles. The minimum Gasteiger partial charge on any atom is -0.453 e. The van der Waals surface area contributed by atoms with Gasteiger partial charge in [-0.3, -0.25) is 15.5 Å². The molecule has 0 radical (unpaired) electrons. The van der Waals surface area contributed by atoms with Gasteiger partial charge in [0.05, 0.1) is 19.4 Å². The van der Waals surface area contributed by atoms with Gasteiger partial charge in [0.2, 0.25) is 10.0 Å². The van der Waals surface area contributed by atoms with Gasteiger partial charge in [-0.1, -0.05) is 35.9 Å². The van der Waals surface area contributed by atoms with Crippen LogP contribution in [0.3, 0.4) is 0 Å². The second-order valence-corrected chi connectivity index (χ2v) is 13.3. The van der Waals surface area contributed by atoms with E-state index in [0.29, 0.717) is 59.5 Å². The first-order valence-electron chi connectivity index (χ1n) is 13.9. The lowest BCUT2D eigenvalue weighted by Gasteiger charge is -2.33. The number of nitrogens with two attached hydrogens (primary N) is 1. The fraction of sp³-hybridized carbons (Fsp3) is 0.379. The Morgan fingerprint density at radius 2 is 1.70 bits per heavy atom. The van der Waals surface area contributed by atoms with Gasteiger partial charge in [-0.15, -0.1) is 0 Å². The lowest BCUT2D eigenvalue weighted by atomic mass is 9.83. The van der Waals surface area contributed by atoms with Gasteiger partial charge in [0.25, 0.3) is 5.91 Å². The molecule has 5 N–H and O–H groups in total. The SMILES string of the molecule is COC(=O)Nc1ccc(-c2nc(C3CC(C4CCN(S(C)(=O)=O)CC4)CN3C(=O)c3ccc(C(=N)N)cc3)[nH]c2Cl)cc1. The number of hydrogen-bond acceptors (Lipinski definition) is 7. The third-order valence-electron chi connectivity index (χ3n) is 8.26. The number of rotatable bonds is 7. The number of methoxy groups -OCH3 is 1. The fourth-order valence-corrected chi connectivity index (χ4v) is 7.05. The summed E-state index contributed by atoms with van der Waals surface area (Å²) in [7, 11) is -1.96. The van der Waals surface area contributed by atoms with Crippen molar-refractivity contribution in [2.45, 2.75) is 25.3 Å². The lowest BCUT2D eigenvalue weighted by molar-refractivity contribution is 0.0720. The van der Waals surface area contributed by atoms with Gasteiger partial charge in [0.1, 0.15) is 22.5 Å². The highest BCUT2D eigenvalue weighted by atomic mass is 35.5. The molecule has 3 aromatic rings. The van der Waals surface area contributed by atoms with E-state index >= 15 is 0 Å². The van der Waals surface area contributed by atoms with Gasteiger partial charge in [-0.2, -0.15) is 0 Å². The second kappa shape index (κ2) is 12.3. The zero-order chi connectivity index (χ0) is 30.9. The summed E-state index contributed by atoms with van der Waals surface area (Å²) in [6, 6.07) is 13.2. The van der Waals surface area contributed by atoms with Crippen LogP contribution in [0.2, 0.25) is 5.15 Å². The number of imidazole rings is 1. The van der Waals surface area contributed by atoms with E-state index in [0.717, 1.165) is 18.4 Å². The number of halogens is 1. The fourth-order valence-electron chi connectivity index (χ4n) is 5.93. The van der Waals surface area contributed by atoms with Crippen molar-refractivity contribution >= 4 is 45.1 Å². The maximum atomic E-state index is 13.9. The monoisotopic (exact) mass is 627 g/mol. The van der Waals surface area contributed by atoms with E-state index in [1.165, 1.54) is 17.7 Å². The predicted molar refractivity (Wildman–Crippen MR) is 164 cm³/mol. The van der Waals surface area contributed by atoms with E-state index in [2.05, 4.69) is 15.0 Å². The molecular weight excluding hydrogens is 594 g/mol. The summed E-state index contributed by atoms with van der Waals surface area (Å²) in [4.78, 5) is 35.2. The van der Waals surface area contributed by atoms with E-state index in [1.807, 2.05) is 0 Å². The van der Waals surface area contributed by atoms with Crippen molar-refractivity contribution < 1.29 is 22.7 Å². The smallest absolute Gasteiger partial charge is 0.411 e. The summed E-state index contributed by atoms with van der Waals surface area (Å²) in [6.45, 7) is 1.41. The van der Waals surface area contributed by atoms with Gasteiger partial charge in [0.15, 0.2) is 0 Å². The number of anilines is 1. The van der Waals surface area contributed by atoms with E-state index < -0.39 is 16.1 Å². The first kappa shape index (κ1) is 30.5. The van der Waals surface area contributed by atoms with E-state index in [4.69, 9.17) is 27.7 Å². The van der Waals surface area contributed by atoms with Crippen molar-refractivity contribution in [1.29, 1.82) is 5.41 Å². The van der Waals surface area contributed by atoms with Crippen molar-refractivity contribution in [2.75, 3.05) is 38.3 Å². The van der Waals surface area contributed by atoms with Crippen LogP contribution < -0.4 is 11.1 Å². The molecule has 2 aromatic carbocycles. The summed E-state index contributed by atoms with van der Waals surface area (Å²) in [5.41, 5.74) is 8.39. The predicted octanol–water partition coefficient (Wildman–Crippen LogP) is 4.07. The van der Waals surface area contributed by atoms with E-state index in [1.54, 1.807) is 53.4 Å². The summed E-state index contributed by atoms with van der Waals surface area (Å²) in [5, 5.41) is 10.6. The number of piperidine rings is 1. The largest absolute Gasteiger partial charge is 0.453 e. The van der Waals surface area contributed by atoms with Gasteiger partial charge in [-0.05, 0) is 55.4 Å². The molecule has 0 spiro atoms. The molecule has 2 fully saturated rings. The first-order chi connectivity index (χ1) is 20.4. The molecule has 5 rings (SSSR count).